The predicted octanol–water partition coefficient (Wildman–Crippen LogP) is 8.80. The first kappa shape index (κ1) is 22.9. The minimum Gasteiger partial charge on any atom is -0.203 e. The molecule has 0 radical (unpaired) electrons. The molecular formula is C29H32F2. The fourth-order valence-corrected chi connectivity index (χ4v) is 3.89. The summed E-state index contributed by atoms with van der Waals surface area (Å²) in [6, 6.07) is 18.0. The average Bonchev–Trinajstić information content (AvgIpc) is 2.78. The number of rotatable bonds is 9. The van der Waals surface area contributed by atoms with Gasteiger partial charge in [0.1, 0.15) is 0 Å². The Bertz CT molecular complexity index is 1010. The Morgan fingerprint density at radius 2 is 1.35 bits per heavy atom. The summed E-state index contributed by atoms with van der Waals surface area (Å²) in [6.45, 7) is 5.96. The van der Waals surface area contributed by atoms with Gasteiger partial charge < -0.3 is 0 Å². The molecule has 31 heavy (non-hydrogen) atoms. The van der Waals surface area contributed by atoms with Crippen molar-refractivity contribution in [3.8, 4) is 11.1 Å². The first-order valence-corrected chi connectivity index (χ1v) is 11.4. The van der Waals surface area contributed by atoms with E-state index in [1.807, 2.05) is 36.4 Å². The van der Waals surface area contributed by atoms with E-state index >= 15 is 4.39 Å². The summed E-state index contributed by atoms with van der Waals surface area (Å²) in [5, 5.41) is 0. The highest BCUT2D eigenvalue weighted by atomic mass is 19.2. The lowest BCUT2D eigenvalue weighted by molar-refractivity contribution is 0.505. The van der Waals surface area contributed by atoms with E-state index in [2.05, 4.69) is 38.1 Å². The van der Waals surface area contributed by atoms with Crippen LogP contribution in [0, 0.1) is 18.6 Å². The van der Waals surface area contributed by atoms with Crippen LogP contribution in [0.5, 0.6) is 0 Å². The molecule has 0 bridgehead atoms. The van der Waals surface area contributed by atoms with Gasteiger partial charge in [-0.2, -0.15) is 0 Å². The van der Waals surface area contributed by atoms with E-state index in [9.17, 15) is 4.39 Å². The van der Waals surface area contributed by atoms with E-state index in [-0.39, 0.29) is 0 Å². The minimum atomic E-state index is -0.781. The van der Waals surface area contributed by atoms with Crippen molar-refractivity contribution in [3.05, 3.63) is 94.0 Å². The first-order valence-electron chi connectivity index (χ1n) is 11.4. The van der Waals surface area contributed by atoms with Gasteiger partial charge in [-0.25, -0.2) is 8.78 Å². The quantitative estimate of drug-likeness (QED) is 0.240. The van der Waals surface area contributed by atoms with Gasteiger partial charge in [-0.1, -0.05) is 93.8 Å². The molecule has 0 fully saturated rings. The molecule has 0 heterocycles. The topological polar surface area (TPSA) is 0 Å². The van der Waals surface area contributed by atoms with Gasteiger partial charge in [0.2, 0.25) is 0 Å². The lowest BCUT2D eigenvalue weighted by Gasteiger charge is -2.12. The second-order valence-corrected chi connectivity index (χ2v) is 8.26. The summed E-state index contributed by atoms with van der Waals surface area (Å²) in [4.78, 5) is 0. The van der Waals surface area contributed by atoms with Gasteiger partial charge in [-0.3, -0.25) is 0 Å². The standard InChI is InChI=1S/C29H32F2/c1-4-6-7-9-23-14-17-25(18-15-23)27-26(20-21(3)28(30)29(27)31)19-16-24-12-10-22(8-5-2)11-13-24/h10-20H,4-9H2,1-3H3. The second-order valence-electron chi connectivity index (χ2n) is 8.26. The molecule has 162 valence electrons. The third kappa shape index (κ3) is 5.91. The third-order valence-corrected chi connectivity index (χ3v) is 5.70. The van der Waals surface area contributed by atoms with E-state index in [1.165, 1.54) is 24.0 Å². The molecule has 0 spiro atoms. The van der Waals surface area contributed by atoms with E-state index in [0.29, 0.717) is 22.3 Å². The molecule has 0 aliphatic carbocycles. The smallest absolute Gasteiger partial charge is 0.167 e. The maximum Gasteiger partial charge on any atom is 0.167 e. The van der Waals surface area contributed by atoms with Crippen LogP contribution in [-0.4, -0.2) is 0 Å². The van der Waals surface area contributed by atoms with Crippen LogP contribution in [0.3, 0.4) is 0 Å². The molecule has 0 atom stereocenters. The lowest BCUT2D eigenvalue weighted by Crippen LogP contribution is -1.97. The first-order chi connectivity index (χ1) is 15.0. The number of unbranched alkanes of at least 4 members (excludes halogenated alkanes) is 2. The molecule has 0 unspecified atom stereocenters. The largest absolute Gasteiger partial charge is 0.203 e. The zero-order valence-electron chi connectivity index (χ0n) is 18.8. The number of hydrogen-bond donors (Lipinski definition) is 0. The van der Waals surface area contributed by atoms with Crippen LogP contribution >= 0.6 is 0 Å². The van der Waals surface area contributed by atoms with Crippen LogP contribution in [0.1, 0.15) is 67.3 Å². The molecular weight excluding hydrogens is 386 g/mol. The highest BCUT2D eigenvalue weighted by Crippen LogP contribution is 2.32. The van der Waals surface area contributed by atoms with Crippen molar-refractivity contribution < 1.29 is 8.78 Å². The van der Waals surface area contributed by atoms with Gasteiger partial charge in [0.15, 0.2) is 11.6 Å². The zero-order chi connectivity index (χ0) is 22.2. The Labute approximate surface area is 185 Å². The van der Waals surface area contributed by atoms with Gasteiger partial charge in [0.05, 0.1) is 0 Å². The molecule has 0 nitrogen and oxygen atoms in total. The minimum absolute atomic E-state index is 0.315. The average molecular weight is 419 g/mol. The van der Waals surface area contributed by atoms with Crippen molar-refractivity contribution in [3.63, 3.8) is 0 Å². The van der Waals surface area contributed by atoms with E-state index in [1.54, 1.807) is 13.0 Å². The molecule has 3 rings (SSSR count). The van der Waals surface area contributed by atoms with Gasteiger partial charge in [0.25, 0.3) is 0 Å². The van der Waals surface area contributed by atoms with Crippen molar-refractivity contribution in [1.29, 1.82) is 0 Å². The number of halogens is 2. The molecule has 3 aromatic carbocycles. The van der Waals surface area contributed by atoms with Gasteiger partial charge >= 0.3 is 0 Å². The van der Waals surface area contributed by atoms with E-state index in [0.717, 1.165) is 31.2 Å². The van der Waals surface area contributed by atoms with Gasteiger partial charge in [-0.15, -0.1) is 0 Å². The molecule has 0 aromatic heterocycles. The Morgan fingerprint density at radius 3 is 2.00 bits per heavy atom. The molecule has 0 N–H and O–H groups in total. The highest BCUT2D eigenvalue weighted by Gasteiger charge is 2.17. The van der Waals surface area contributed by atoms with Crippen LogP contribution < -0.4 is 0 Å². The van der Waals surface area contributed by atoms with Crippen molar-refractivity contribution in [2.45, 2.75) is 59.3 Å². The lowest BCUT2D eigenvalue weighted by atomic mass is 9.94. The Kier molecular flexibility index (Phi) is 8.17. The maximum absolute atomic E-state index is 15.0. The summed E-state index contributed by atoms with van der Waals surface area (Å²) in [5.74, 6) is -1.56. The molecule has 0 aliphatic rings. The summed E-state index contributed by atoms with van der Waals surface area (Å²) in [5.41, 5.74) is 5.61. The predicted molar refractivity (Wildman–Crippen MR) is 129 cm³/mol. The van der Waals surface area contributed by atoms with Crippen LogP contribution in [0.2, 0.25) is 0 Å². The summed E-state index contributed by atoms with van der Waals surface area (Å²) < 4.78 is 29.4. The Hall–Kier alpha value is -2.74. The molecule has 2 heteroatoms. The van der Waals surface area contributed by atoms with Crippen molar-refractivity contribution >= 4 is 12.2 Å². The molecule has 0 saturated carbocycles. The maximum atomic E-state index is 15.0. The van der Waals surface area contributed by atoms with Crippen LogP contribution in [0.25, 0.3) is 23.3 Å². The normalized spacial score (nSPS) is 11.4. The SMILES string of the molecule is CCCCCc1ccc(-c2c(C=Cc3ccc(CCC)cc3)cc(C)c(F)c2F)cc1. The number of benzene rings is 3. The van der Waals surface area contributed by atoms with Crippen LogP contribution in [0.4, 0.5) is 8.78 Å². The Balaban J connectivity index is 1.92. The van der Waals surface area contributed by atoms with Crippen LogP contribution in [0.15, 0.2) is 54.6 Å². The zero-order valence-corrected chi connectivity index (χ0v) is 18.8. The van der Waals surface area contributed by atoms with E-state index < -0.39 is 11.6 Å². The van der Waals surface area contributed by atoms with Crippen molar-refractivity contribution in [2.24, 2.45) is 0 Å². The second kappa shape index (κ2) is 11.0. The fourth-order valence-electron chi connectivity index (χ4n) is 3.89. The Morgan fingerprint density at radius 1 is 0.710 bits per heavy atom. The van der Waals surface area contributed by atoms with Gasteiger partial charge in [-0.05, 0) is 65.6 Å². The highest BCUT2D eigenvalue weighted by molar-refractivity contribution is 5.82. The third-order valence-electron chi connectivity index (χ3n) is 5.70. The van der Waals surface area contributed by atoms with Crippen molar-refractivity contribution in [1.82, 2.24) is 0 Å². The monoisotopic (exact) mass is 418 g/mol. The molecule has 0 amide bonds. The molecule has 0 saturated heterocycles. The molecule has 3 aromatic rings. The van der Waals surface area contributed by atoms with Gasteiger partial charge in [0, 0.05) is 5.56 Å². The van der Waals surface area contributed by atoms with E-state index in [4.69, 9.17) is 0 Å². The summed E-state index contributed by atoms with van der Waals surface area (Å²) in [7, 11) is 0. The molecule has 0 aliphatic heterocycles. The summed E-state index contributed by atoms with van der Waals surface area (Å²) in [6.07, 6.45) is 10.6. The number of aryl methyl sites for hydroxylation is 3. The number of hydrogen-bond acceptors (Lipinski definition) is 0. The summed E-state index contributed by atoms with van der Waals surface area (Å²) >= 11 is 0. The fraction of sp³-hybridized carbons (Fsp3) is 0.310. The van der Waals surface area contributed by atoms with Crippen LogP contribution in [-0.2, 0) is 12.8 Å². The van der Waals surface area contributed by atoms with Crippen molar-refractivity contribution in [2.75, 3.05) is 0 Å².